The molecular weight excluding hydrogens is 250 g/mol. The summed E-state index contributed by atoms with van der Waals surface area (Å²) in [6.07, 6.45) is 0.304. The van der Waals surface area contributed by atoms with Gasteiger partial charge in [-0.1, -0.05) is 0 Å². The number of hydrogen-bond donors (Lipinski definition) is 2. The fraction of sp³-hybridized carbons (Fsp3) is 0.333. The van der Waals surface area contributed by atoms with Crippen LogP contribution in [0.2, 0.25) is 0 Å². The van der Waals surface area contributed by atoms with Crippen molar-refractivity contribution in [3.05, 3.63) is 23.0 Å². The highest BCUT2D eigenvalue weighted by atomic mass is 32.1. The zero-order chi connectivity index (χ0) is 13.1. The van der Waals surface area contributed by atoms with Gasteiger partial charge in [0.2, 0.25) is 5.91 Å². The Bertz CT molecular complexity index is 559. The number of carbonyl (C=O) groups excluding carboxylic acids is 1. The molecule has 0 saturated carbocycles. The minimum atomic E-state index is -0.113. The van der Waals surface area contributed by atoms with Gasteiger partial charge in [0.15, 0.2) is 5.13 Å². The molecule has 0 spiro atoms. The Balaban J connectivity index is 2.15. The number of thiazole rings is 1. The predicted octanol–water partition coefficient (Wildman–Crippen LogP) is 2.31. The number of nitrogens with zero attached hydrogens (tertiary/aromatic N) is 1. The molecule has 2 aromatic heterocycles. The molecule has 0 aliphatic heterocycles. The maximum atomic E-state index is 11.4. The van der Waals surface area contributed by atoms with Crippen LogP contribution in [0.25, 0.3) is 11.3 Å². The predicted molar refractivity (Wildman–Crippen MR) is 71.6 cm³/mol. The molecule has 3 N–H and O–H groups in total. The Kier molecular flexibility index (Phi) is 3.78. The van der Waals surface area contributed by atoms with Crippen molar-refractivity contribution in [3.63, 3.8) is 0 Å². The van der Waals surface area contributed by atoms with Gasteiger partial charge in [0.1, 0.15) is 11.5 Å². The summed E-state index contributed by atoms with van der Waals surface area (Å²) >= 11 is 1.39. The molecule has 0 saturated heterocycles. The standard InChI is InChI=1S/C12H15N3O2S/c1-7-5-9(8(2)17-7)10-6-18-12(14-10)15-11(16)3-4-13/h5-6H,3-4,13H2,1-2H3,(H,14,15,16). The Labute approximate surface area is 109 Å². The van der Waals surface area contributed by atoms with Crippen molar-refractivity contribution in [2.75, 3.05) is 11.9 Å². The summed E-state index contributed by atoms with van der Waals surface area (Å²) in [7, 11) is 0. The summed E-state index contributed by atoms with van der Waals surface area (Å²) in [5.74, 6) is 1.57. The highest BCUT2D eigenvalue weighted by molar-refractivity contribution is 7.14. The van der Waals surface area contributed by atoms with Gasteiger partial charge in [-0.25, -0.2) is 4.98 Å². The van der Waals surface area contributed by atoms with Crippen LogP contribution in [0.5, 0.6) is 0 Å². The third kappa shape index (κ3) is 2.77. The second-order valence-electron chi connectivity index (χ2n) is 3.95. The number of anilines is 1. The second kappa shape index (κ2) is 5.32. The number of rotatable bonds is 4. The van der Waals surface area contributed by atoms with Gasteiger partial charge in [-0.2, -0.15) is 0 Å². The second-order valence-corrected chi connectivity index (χ2v) is 4.81. The van der Waals surface area contributed by atoms with E-state index in [0.29, 0.717) is 18.1 Å². The van der Waals surface area contributed by atoms with Gasteiger partial charge in [0.05, 0.1) is 5.69 Å². The van der Waals surface area contributed by atoms with E-state index in [1.165, 1.54) is 11.3 Å². The van der Waals surface area contributed by atoms with Gasteiger partial charge in [-0.3, -0.25) is 4.79 Å². The van der Waals surface area contributed by atoms with Gasteiger partial charge in [0, 0.05) is 23.9 Å². The lowest BCUT2D eigenvalue weighted by Gasteiger charge is -1.98. The van der Waals surface area contributed by atoms with Crippen molar-refractivity contribution in [1.29, 1.82) is 0 Å². The first-order valence-electron chi connectivity index (χ1n) is 5.63. The molecular formula is C12H15N3O2S. The van der Waals surface area contributed by atoms with Crippen LogP contribution in [0.4, 0.5) is 5.13 Å². The molecule has 5 nitrogen and oxygen atoms in total. The van der Waals surface area contributed by atoms with Crippen LogP contribution in [0.15, 0.2) is 15.9 Å². The lowest BCUT2D eigenvalue weighted by molar-refractivity contribution is -0.116. The fourth-order valence-electron chi connectivity index (χ4n) is 1.65. The zero-order valence-corrected chi connectivity index (χ0v) is 11.1. The van der Waals surface area contributed by atoms with Crippen LogP contribution in [0, 0.1) is 13.8 Å². The Morgan fingerprint density at radius 2 is 2.33 bits per heavy atom. The topological polar surface area (TPSA) is 81.2 Å². The molecule has 0 fully saturated rings. The minimum absolute atomic E-state index is 0.113. The van der Waals surface area contributed by atoms with Crippen molar-refractivity contribution in [2.24, 2.45) is 5.73 Å². The summed E-state index contributed by atoms with van der Waals surface area (Å²) in [6.45, 7) is 4.13. The maximum absolute atomic E-state index is 11.4. The quantitative estimate of drug-likeness (QED) is 0.888. The number of hydrogen-bond acceptors (Lipinski definition) is 5. The fourth-order valence-corrected chi connectivity index (χ4v) is 2.38. The number of aromatic nitrogens is 1. The van der Waals surface area contributed by atoms with Crippen LogP contribution in [0.3, 0.4) is 0 Å². The minimum Gasteiger partial charge on any atom is -0.466 e. The number of carbonyl (C=O) groups is 1. The van der Waals surface area contributed by atoms with Crippen LogP contribution in [-0.2, 0) is 4.79 Å². The van der Waals surface area contributed by atoms with Crippen molar-refractivity contribution in [3.8, 4) is 11.3 Å². The third-order valence-electron chi connectivity index (χ3n) is 2.44. The van der Waals surface area contributed by atoms with E-state index in [-0.39, 0.29) is 5.91 Å². The molecule has 0 unspecified atom stereocenters. The van der Waals surface area contributed by atoms with E-state index in [1.807, 2.05) is 25.3 Å². The summed E-state index contributed by atoms with van der Waals surface area (Å²) in [5, 5.41) is 5.20. The van der Waals surface area contributed by atoms with E-state index < -0.39 is 0 Å². The average Bonchev–Trinajstić information content (AvgIpc) is 2.85. The van der Waals surface area contributed by atoms with E-state index >= 15 is 0 Å². The summed E-state index contributed by atoms with van der Waals surface area (Å²) in [6, 6.07) is 1.94. The third-order valence-corrected chi connectivity index (χ3v) is 3.20. The lowest BCUT2D eigenvalue weighted by Crippen LogP contribution is -2.15. The molecule has 0 bridgehead atoms. The van der Waals surface area contributed by atoms with Crippen molar-refractivity contribution in [1.82, 2.24) is 4.98 Å². The number of nitrogens with one attached hydrogen (secondary N) is 1. The van der Waals surface area contributed by atoms with Crippen molar-refractivity contribution >= 4 is 22.4 Å². The van der Waals surface area contributed by atoms with E-state index in [2.05, 4.69) is 10.3 Å². The van der Waals surface area contributed by atoms with Gasteiger partial charge >= 0.3 is 0 Å². The van der Waals surface area contributed by atoms with Crippen LogP contribution in [-0.4, -0.2) is 17.4 Å². The summed E-state index contributed by atoms with van der Waals surface area (Å²) < 4.78 is 5.46. The van der Waals surface area contributed by atoms with Crippen LogP contribution >= 0.6 is 11.3 Å². The molecule has 2 aromatic rings. The largest absolute Gasteiger partial charge is 0.466 e. The molecule has 0 atom stereocenters. The number of nitrogens with two attached hydrogens (primary N) is 1. The molecule has 18 heavy (non-hydrogen) atoms. The highest BCUT2D eigenvalue weighted by Crippen LogP contribution is 2.29. The molecule has 2 heterocycles. The molecule has 96 valence electrons. The zero-order valence-electron chi connectivity index (χ0n) is 10.3. The van der Waals surface area contributed by atoms with E-state index in [4.69, 9.17) is 10.2 Å². The van der Waals surface area contributed by atoms with Gasteiger partial charge in [0.25, 0.3) is 0 Å². The molecule has 1 amide bonds. The molecule has 2 rings (SSSR count). The summed E-state index contributed by atoms with van der Waals surface area (Å²) in [4.78, 5) is 15.7. The van der Waals surface area contributed by atoms with Gasteiger partial charge in [-0.05, 0) is 19.9 Å². The molecule has 0 aliphatic carbocycles. The van der Waals surface area contributed by atoms with E-state index in [9.17, 15) is 4.79 Å². The lowest BCUT2D eigenvalue weighted by atomic mass is 10.2. The normalized spacial score (nSPS) is 10.6. The van der Waals surface area contributed by atoms with Crippen LogP contribution < -0.4 is 11.1 Å². The van der Waals surface area contributed by atoms with E-state index in [1.54, 1.807) is 0 Å². The molecule has 0 radical (unpaired) electrons. The monoisotopic (exact) mass is 265 g/mol. The average molecular weight is 265 g/mol. The smallest absolute Gasteiger partial charge is 0.227 e. The number of furan rings is 1. The molecule has 0 aliphatic rings. The Morgan fingerprint density at radius 3 is 2.94 bits per heavy atom. The Hall–Kier alpha value is -1.66. The highest BCUT2D eigenvalue weighted by Gasteiger charge is 2.12. The first kappa shape index (κ1) is 12.8. The SMILES string of the molecule is Cc1cc(-c2csc(NC(=O)CCN)n2)c(C)o1. The van der Waals surface area contributed by atoms with Gasteiger partial charge < -0.3 is 15.5 Å². The van der Waals surface area contributed by atoms with Crippen LogP contribution in [0.1, 0.15) is 17.9 Å². The van der Waals surface area contributed by atoms with Gasteiger partial charge in [-0.15, -0.1) is 11.3 Å². The first-order valence-corrected chi connectivity index (χ1v) is 6.51. The maximum Gasteiger partial charge on any atom is 0.227 e. The van der Waals surface area contributed by atoms with Crippen molar-refractivity contribution in [2.45, 2.75) is 20.3 Å². The van der Waals surface area contributed by atoms with Crippen molar-refractivity contribution < 1.29 is 9.21 Å². The van der Waals surface area contributed by atoms with E-state index in [0.717, 1.165) is 22.8 Å². The number of amides is 1. The Morgan fingerprint density at radius 1 is 1.56 bits per heavy atom. The molecule has 0 aromatic carbocycles. The number of aryl methyl sites for hydroxylation is 2. The molecule has 6 heteroatoms. The summed E-state index contributed by atoms with van der Waals surface area (Å²) in [5.41, 5.74) is 7.09. The first-order chi connectivity index (χ1) is 8.60.